The van der Waals surface area contributed by atoms with Crippen molar-refractivity contribution in [1.29, 1.82) is 0 Å². The van der Waals surface area contributed by atoms with Crippen molar-refractivity contribution in [3.8, 4) is 0 Å². The van der Waals surface area contributed by atoms with Gasteiger partial charge in [-0.2, -0.15) is 0 Å². The summed E-state index contributed by atoms with van der Waals surface area (Å²) in [6, 6.07) is 0. The highest BCUT2D eigenvalue weighted by Crippen LogP contribution is 2.31. The minimum Gasteiger partial charge on any atom is -0.480 e. The van der Waals surface area contributed by atoms with Crippen LogP contribution in [0.25, 0.3) is 0 Å². The maximum absolute atomic E-state index is 12.9. The van der Waals surface area contributed by atoms with E-state index in [1.54, 1.807) is 4.90 Å². The number of likely N-dealkylation sites (tertiary alicyclic amines) is 1. The molecule has 1 heterocycles. The zero-order valence-corrected chi connectivity index (χ0v) is 8.17. The molecule has 1 aliphatic heterocycles. The molecular formula is C9H15F2NO2. The Bertz CT molecular complexity index is 215. The van der Waals surface area contributed by atoms with E-state index in [0.717, 1.165) is 6.92 Å². The van der Waals surface area contributed by atoms with Gasteiger partial charge in [-0.1, -0.05) is 0 Å². The lowest BCUT2D eigenvalue weighted by molar-refractivity contribution is -0.140. The van der Waals surface area contributed by atoms with Crippen LogP contribution in [0.5, 0.6) is 0 Å². The van der Waals surface area contributed by atoms with E-state index in [9.17, 15) is 13.6 Å². The van der Waals surface area contributed by atoms with Gasteiger partial charge in [-0.05, 0) is 26.3 Å². The van der Waals surface area contributed by atoms with E-state index in [0.29, 0.717) is 19.4 Å². The van der Waals surface area contributed by atoms with E-state index >= 15 is 0 Å². The molecule has 0 aliphatic carbocycles. The average molecular weight is 207 g/mol. The van der Waals surface area contributed by atoms with E-state index < -0.39 is 17.8 Å². The Morgan fingerprint density at radius 3 is 2.79 bits per heavy atom. The van der Waals surface area contributed by atoms with Gasteiger partial charge < -0.3 is 5.11 Å². The summed E-state index contributed by atoms with van der Waals surface area (Å²) in [4.78, 5) is 12.0. The van der Waals surface area contributed by atoms with Gasteiger partial charge in [-0.25, -0.2) is 8.78 Å². The fourth-order valence-corrected chi connectivity index (χ4v) is 1.80. The number of rotatable bonds is 3. The Balaban J connectivity index is 2.48. The molecule has 1 fully saturated rings. The zero-order chi connectivity index (χ0) is 10.8. The molecule has 0 aromatic rings. The van der Waals surface area contributed by atoms with Crippen molar-refractivity contribution < 1.29 is 18.7 Å². The maximum Gasteiger partial charge on any atom is 0.317 e. The van der Waals surface area contributed by atoms with Crippen molar-refractivity contribution in [3.63, 3.8) is 0 Å². The van der Waals surface area contributed by atoms with Crippen LogP contribution in [0, 0.1) is 5.92 Å². The first-order chi connectivity index (χ1) is 6.39. The Labute approximate surface area is 81.7 Å². The standard InChI is InChI=1S/C9H15F2NO2/c1-9(10,11)7-3-2-4-12(5-7)6-8(13)14/h7H,2-6H2,1H3,(H,13,14). The van der Waals surface area contributed by atoms with E-state index in [-0.39, 0.29) is 13.1 Å². The predicted octanol–water partition coefficient (Wildman–Crippen LogP) is 1.44. The van der Waals surface area contributed by atoms with Gasteiger partial charge in [0, 0.05) is 12.5 Å². The third-order valence-corrected chi connectivity index (χ3v) is 2.58. The van der Waals surface area contributed by atoms with Gasteiger partial charge in [-0.15, -0.1) is 0 Å². The fraction of sp³-hybridized carbons (Fsp3) is 0.889. The maximum atomic E-state index is 12.9. The first-order valence-electron chi connectivity index (χ1n) is 4.71. The van der Waals surface area contributed by atoms with E-state index in [4.69, 9.17) is 5.11 Å². The molecule has 1 aliphatic rings. The van der Waals surface area contributed by atoms with Gasteiger partial charge in [0.1, 0.15) is 0 Å². The topological polar surface area (TPSA) is 40.5 Å². The molecular weight excluding hydrogens is 192 g/mol. The smallest absolute Gasteiger partial charge is 0.317 e. The average Bonchev–Trinajstić information content (AvgIpc) is 2.01. The summed E-state index contributed by atoms with van der Waals surface area (Å²) in [7, 11) is 0. The Kier molecular flexibility index (Phi) is 3.42. The number of carboxylic acids is 1. The molecule has 14 heavy (non-hydrogen) atoms. The van der Waals surface area contributed by atoms with Crippen molar-refractivity contribution in [1.82, 2.24) is 4.90 Å². The molecule has 1 N–H and O–H groups in total. The number of hydrogen-bond acceptors (Lipinski definition) is 2. The van der Waals surface area contributed by atoms with Gasteiger partial charge in [0.25, 0.3) is 0 Å². The molecule has 82 valence electrons. The van der Waals surface area contributed by atoms with E-state index in [2.05, 4.69) is 0 Å². The minimum absolute atomic E-state index is 0.132. The first kappa shape index (κ1) is 11.4. The monoisotopic (exact) mass is 207 g/mol. The normalized spacial score (nSPS) is 24.9. The predicted molar refractivity (Wildman–Crippen MR) is 47.4 cm³/mol. The first-order valence-corrected chi connectivity index (χ1v) is 4.71. The second-order valence-corrected chi connectivity index (χ2v) is 3.92. The number of carboxylic acid groups (broad SMARTS) is 1. The minimum atomic E-state index is -2.70. The quantitative estimate of drug-likeness (QED) is 0.761. The van der Waals surface area contributed by atoms with Gasteiger partial charge in [0.15, 0.2) is 0 Å². The molecule has 0 bridgehead atoms. The van der Waals surface area contributed by atoms with E-state index in [1.807, 2.05) is 0 Å². The Hall–Kier alpha value is -0.710. The van der Waals surface area contributed by atoms with E-state index in [1.165, 1.54) is 0 Å². The number of alkyl halides is 2. The molecule has 0 aromatic carbocycles. The van der Waals surface area contributed by atoms with Crippen LogP contribution in [0.1, 0.15) is 19.8 Å². The summed E-state index contributed by atoms with van der Waals surface area (Å²) < 4.78 is 25.9. The lowest BCUT2D eigenvalue weighted by Crippen LogP contribution is -2.44. The molecule has 1 saturated heterocycles. The van der Waals surface area contributed by atoms with Crippen LogP contribution >= 0.6 is 0 Å². The highest BCUT2D eigenvalue weighted by molar-refractivity contribution is 5.69. The lowest BCUT2D eigenvalue weighted by atomic mass is 9.93. The van der Waals surface area contributed by atoms with Crippen molar-refractivity contribution in [2.24, 2.45) is 5.92 Å². The summed E-state index contributed by atoms with van der Waals surface area (Å²) in [6.07, 6.45) is 1.14. The summed E-state index contributed by atoms with van der Waals surface area (Å²) in [5.41, 5.74) is 0. The van der Waals surface area contributed by atoms with Crippen LogP contribution in [0.3, 0.4) is 0 Å². The van der Waals surface area contributed by atoms with Crippen molar-refractivity contribution in [2.45, 2.75) is 25.7 Å². The largest absolute Gasteiger partial charge is 0.480 e. The lowest BCUT2D eigenvalue weighted by Gasteiger charge is -2.34. The number of hydrogen-bond donors (Lipinski definition) is 1. The van der Waals surface area contributed by atoms with Crippen LogP contribution in [0.4, 0.5) is 8.78 Å². The van der Waals surface area contributed by atoms with Crippen molar-refractivity contribution in [2.75, 3.05) is 19.6 Å². The molecule has 3 nitrogen and oxygen atoms in total. The number of halogens is 2. The van der Waals surface area contributed by atoms with Gasteiger partial charge >= 0.3 is 5.97 Å². The molecule has 0 aromatic heterocycles. The Morgan fingerprint density at radius 2 is 2.29 bits per heavy atom. The summed E-state index contributed by atoms with van der Waals surface area (Å²) in [5.74, 6) is -4.35. The Morgan fingerprint density at radius 1 is 1.64 bits per heavy atom. The summed E-state index contributed by atoms with van der Waals surface area (Å²) in [5, 5.41) is 8.53. The summed E-state index contributed by atoms with van der Waals surface area (Å²) >= 11 is 0. The molecule has 0 spiro atoms. The zero-order valence-electron chi connectivity index (χ0n) is 8.17. The number of nitrogens with zero attached hydrogens (tertiary/aromatic N) is 1. The van der Waals surface area contributed by atoms with Crippen LogP contribution in [0.2, 0.25) is 0 Å². The van der Waals surface area contributed by atoms with Crippen molar-refractivity contribution in [3.05, 3.63) is 0 Å². The highest BCUT2D eigenvalue weighted by Gasteiger charge is 2.37. The van der Waals surface area contributed by atoms with Crippen LogP contribution < -0.4 is 0 Å². The number of piperidine rings is 1. The molecule has 0 saturated carbocycles. The van der Waals surface area contributed by atoms with Crippen LogP contribution in [-0.2, 0) is 4.79 Å². The number of carbonyl (C=O) groups is 1. The van der Waals surface area contributed by atoms with Gasteiger partial charge in [0.05, 0.1) is 6.54 Å². The molecule has 1 atom stereocenters. The van der Waals surface area contributed by atoms with Crippen molar-refractivity contribution >= 4 is 5.97 Å². The fourth-order valence-electron chi connectivity index (χ4n) is 1.80. The highest BCUT2D eigenvalue weighted by atomic mass is 19.3. The van der Waals surface area contributed by atoms with Crippen LogP contribution in [-0.4, -0.2) is 41.5 Å². The molecule has 5 heteroatoms. The third kappa shape index (κ3) is 3.21. The second-order valence-electron chi connectivity index (χ2n) is 3.92. The summed E-state index contributed by atoms with van der Waals surface area (Å²) in [6.45, 7) is 1.57. The number of aliphatic carboxylic acids is 1. The molecule has 0 radical (unpaired) electrons. The molecule has 1 unspecified atom stereocenters. The molecule has 1 rings (SSSR count). The molecule has 0 amide bonds. The van der Waals surface area contributed by atoms with Crippen LogP contribution in [0.15, 0.2) is 0 Å². The van der Waals surface area contributed by atoms with Gasteiger partial charge in [-0.3, -0.25) is 9.69 Å². The van der Waals surface area contributed by atoms with Gasteiger partial charge in [0.2, 0.25) is 5.92 Å². The SMILES string of the molecule is CC(F)(F)C1CCCN(CC(=O)O)C1. The third-order valence-electron chi connectivity index (χ3n) is 2.58. The second kappa shape index (κ2) is 4.21.